The van der Waals surface area contributed by atoms with Crippen molar-refractivity contribution in [2.45, 2.75) is 51.6 Å². The van der Waals surface area contributed by atoms with Gasteiger partial charge in [-0.1, -0.05) is 6.92 Å². The first kappa shape index (κ1) is 14.2. The molecule has 19 heavy (non-hydrogen) atoms. The molecule has 2 rings (SSSR count). The minimum absolute atomic E-state index is 0.0276. The zero-order valence-electron chi connectivity index (χ0n) is 12.0. The fourth-order valence-corrected chi connectivity index (χ4v) is 3.05. The van der Waals surface area contributed by atoms with Gasteiger partial charge in [0.1, 0.15) is 6.04 Å². The number of urea groups is 1. The summed E-state index contributed by atoms with van der Waals surface area (Å²) in [5.74, 6) is -0.257. The van der Waals surface area contributed by atoms with E-state index < -0.39 is 12.0 Å². The lowest BCUT2D eigenvalue weighted by atomic mass is 9.91. The zero-order valence-corrected chi connectivity index (χ0v) is 12.0. The van der Waals surface area contributed by atoms with Crippen molar-refractivity contribution >= 4 is 12.0 Å². The number of carboxylic acids is 1. The number of hydrogen-bond acceptors (Lipinski definition) is 2. The SMILES string of the molecule is CC1CCCN(C(=O)N(C)C(C)C2CC2)C1C(=O)O. The quantitative estimate of drug-likeness (QED) is 0.852. The molecule has 1 saturated heterocycles. The second-order valence-corrected chi connectivity index (χ2v) is 6.07. The molecule has 1 heterocycles. The zero-order chi connectivity index (χ0) is 14.2. The number of aliphatic carboxylic acids is 1. The van der Waals surface area contributed by atoms with E-state index in [9.17, 15) is 14.7 Å². The Morgan fingerprint density at radius 2 is 1.95 bits per heavy atom. The maximum absolute atomic E-state index is 12.5. The van der Waals surface area contributed by atoms with Crippen LogP contribution in [0.2, 0.25) is 0 Å². The highest BCUT2D eigenvalue weighted by Gasteiger charge is 2.40. The van der Waals surface area contributed by atoms with Gasteiger partial charge in [-0.3, -0.25) is 0 Å². The number of rotatable bonds is 3. The number of amides is 2. The Morgan fingerprint density at radius 1 is 1.32 bits per heavy atom. The lowest BCUT2D eigenvalue weighted by Crippen LogP contribution is -2.56. The highest BCUT2D eigenvalue weighted by molar-refractivity contribution is 5.83. The molecule has 0 aromatic carbocycles. The molecule has 1 aliphatic heterocycles. The highest BCUT2D eigenvalue weighted by atomic mass is 16.4. The summed E-state index contributed by atoms with van der Waals surface area (Å²) in [6, 6.07) is -0.590. The van der Waals surface area contributed by atoms with Gasteiger partial charge in [-0.2, -0.15) is 0 Å². The van der Waals surface area contributed by atoms with Gasteiger partial charge in [-0.05, 0) is 44.4 Å². The molecule has 3 atom stereocenters. The summed E-state index contributed by atoms with van der Waals surface area (Å²) >= 11 is 0. The highest BCUT2D eigenvalue weighted by Crippen LogP contribution is 2.35. The Morgan fingerprint density at radius 3 is 2.47 bits per heavy atom. The normalized spacial score (nSPS) is 28.9. The van der Waals surface area contributed by atoms with Crippen LogP contribution in [0.1, 0.15) is 39.5 Å². The third-order valence-corrected chi connectivity index (χ3v) is 4.65. The van der Waals surface area contributed by atoms with Gasteiger partial charge in [0.15, 0.2) is 0 Å². The molecule has 0 aromatic rings. The maximum Gasteiger partial charge on any atom is 0.326 e. The second-order valence-electron chi connectivity index (χ2n) is 6.07. The predicted molar refractivity (Wildman–Crippen MR) is 71.9 cm³/mol. The fraction of sp³-hybridized carbons (Fsp3) is 0.857. The van der Waals surface area contributed by atoms with Gasteiger partial charge in [-0.25, -0.2) is 9.59 Å². The van der Waals surface area contributed by atoms with E-state index >= 15 is 0 Å². The van der Waals surface area contributed by atoms with Crippen LogP contribution in [0.5, 0.6) is 0 Å². The third-order valence-electron chi connectivity index (χ3n) is 4.65. The van der Waals surface area contributed by atoms with Gasteiger partial charge in [0.25, 0.3) is 0 Å². The summed E-state index contributed by atoms with van der Waals surface area (Å²) in [6.07, 6.45) is 4.13. The Balaban J connectivity index is 2.08. The van der Waals surface area contributed by atoms with E-state index in [4.69, 9.17) is 0 Å². The Labute approximate surface area is 114 Å². The smallest absolute Gasteiger partial charge is 0.326 e. The van der Waals surface area contributed by atoms with Gasteiger partial charge in [0.05, 0.1) is 0 Å². The van der Waals surface area contributed by atoms with Crippen LogP contribution in [0.3, 0.4) is 0 Å². The predicted octanol–water partition coefficient (Wildman–Crippen LogP) is 2.02. The van der Waals surface area contributed by atoms with Crippen LogP contribution in [0.4, 0.5) is 4.79 Å². The number of hydrogen-bond donors (Lipinski definition) is 1. The average Bonchev–Trinajstić information content (AvgIpc) is 3.19. The van der Waals surface area contributed by atoms with E-state index in [1.54, 1.807) is 16.8 Å². The standard InChI is InChI=1S/C14H24N2O3/c1-9-5-4-8-16(12(9)13(17)18)14(19)15(3)10(2)11-6-7-11/h9-12H,4-8H2,1-3H3,(H,17,18). The first-order chi connectivity index (χ1) is 8.93. The molecule has 2 aliphatic rings. The van der Waals surface area contributed by atoms with E-state index in [-0.39, 0.29) is 18.0 Å². The monoisotopic (exact) mass is 268 g/mol. The van der Waals surface area contributed by atoms with E-state index in [0.717, 1.165) is 12.8 Å². The van der Waals surface area contributed by atoms with Gasteiger partial charge in [-0.15, -0.1) is 0 Å². The van der Waals surface area contributed by atoms with Crippen molar-refractivity contribution in [2.24, 2.45) is 11.8 Å². The molecule has 3 unspecified atom stereocenters. The third kappa shape index (κ3) is 2.85. The van der Waals surface area contributed by atoms with Crippen molar-refractivity contribution in [1.82, 2.24) is 9.80 Å². The number of carbonyl (C=O) groups excluding carboxylic acids is 1. The summed E-state index contributed by atoms with van der Waals surface area (Å²) in [4.78, 5) is 27.2. The Kier molecular flexibility index (Phi) is 4.02. The van der Waals surface area contributed by atoms with Gasteiger partial charge in [0.2, 0.25) is 0 Å². The summed E-state index contributed by atoms with van der Waals surface area (Å²) in [5.41, 5.74) is 0. The van der Waals surface area contributed by atoms with Crippen molar-refractivity contribution in [2.75, 3.05) is 13.6 Å². The number of carbonyl (C=O) groups is 2. The number of carboxylic acid groups (broad SMARTS) is 1. The molecule has 5 nitrogen and oxygen atoms in total. The van der Waals surface area contributed by atoms with E-state index in [1.165, 1.54) is 12.8 Å². The number of piperidine rings is 1. The summed E-state index contributed by atoms with van der Waals surface area (Å²) in [6.45, 7) is 4.53. The fourth-order valence-electron chi connectivity index (χ4n) is 3.05. The molecule has 1 saturated carbocycles. The minimum Gasteiger partial charge on any atom is -0.480 e. The van der Waals surface area contributed by atoms with Crippen LogP contribution in [-0.4, -0.2) is 52.6 Å². The average molecular weight is 268 g/mol. The Hall–Kier alpha value is -1.26. The molecule has 108 valence electrons. The molecule has 2 fully saturated rings. The van der Waals surface area contributed by atoms with Crippen molar-refractivity contribution in [3.8, 4) is 0 Å². The van der Waals surface area contributed by atoms with Gasteiger partial charge in [0, 0.05) is 19.6 Å². The van der Waals surface area contributed by atoms with Crippen LogP contribution in [0.25, 0.3) is 0 Å². The van der Waals surface area contributed by atoms with Crippen LogP contribution in [0, 0.1) is 11.8 Å². The first-order valence-corrected chi connectivity index (χ1v) is 7.19. The molecule has 0 bridgehead atoms. The van der Waals surface area contributed by atoms with E-state index in [1.807, 2.05) is 6.92 Å². The molecule has 1 N–H and O–H groups in total. The molecular weight excluding hydrogens is 244 g/mol. The van der Waals surface area contributed by atoms with Gasteiger partial charge < -0.3 is 14.9 Å². The molecular formula is C14H24N2O3. The van der Waals surface area contributed by atoms with Crippen molar-refractivity contribution in [3.63, 3.8) is 0 Å². The summed E-state index contributed by atoms with van der Waals surface area (Å²) in [5, 5.41) is 9.36. The first-order valence-electron chi connectivity index (χ1n) is 7.19. The van der Waals surface area contributed by atoms with Crippen LogP contribution in [-0.2, 0) is 4.79 Å². The Bertz CT molecular complexity index is 368. The molecule has 1 aliphatic carbocycles. The van der Waals surface area contributed by atoms with E-state index in [0.29, 0.717) is 12.5 Å². The van der Waals surface area contributed by atoms with Crippen LogP contribution >= 0.6 is 0 Å². The number of likely N-dealkylation sites (tertiary alicyclic amines) is 1. The lowest BCUT2D eigenvalue weighted by molar-refractivity contribution is -0.145. The molecule has 0 radical (unpaired) electrons. The number of nitrogens with zero attached hydrogens (tertiary/aromatic N) is 2. The molecule has 0 aromatic heterocycles. The van der Waals surface area contributed by atoms with Crippen molar-refractivity contribution in [3.05, 3.63) is 0 Å². The molecule has 2 amide bonds. The molecule has 0 spiro atoms. The van der Waals surface area contributed by atoms with Crippen LogP contribution < -0.4 is 0 Å². The summed E-state index contributed by atoms with van der Waals surface area (Å²) < 4.78 is 0. The van der Waals surface area contributed by atoms with Crippen molar-refractivity contribution < 1.29 is 14.7 Å². The van der Waals surface area contributed by atoms with Crippen LogP contribution in [0.15, 0.2) is 0 Å². The molecule has 5 heteroatoms. The lowest BCUT2D eigenvalue weighted by Gasteiger charge is -2.40. The summed E-state index contributed by atoms with van der Waals surface area (Å²) in [7, 11) is 1.80. The van der Waals surface area contributed by atoms with Gasteiger partial charge >= 0.3 is 12.0 Å². The topological polar surface area (TPSA) is 60.9 Å². The van der Waals surface area contributed by atoms with Crippen molar-refractivity contribution in [1.29, 1.82) is 0 Å². The maximum atomic E-state index is 12.5. The second kappa shape index (κ2) is 5.39. The van der Waals surface area contributed by atoms with E-state index in [2.05, 4.69) is 6.92 Å². The largest absolute Gasteiger partial charge is 0.480 e. The minimum atomic E-state index is -0.881.